The summed E-state index contributed by atoms with van der Waals surface area (Å²) >= 11 is 0. The van der Waals surface area contributed by atoms with Gasteiger partial charge in [-0.25, -0.2) is 0 Å². The fourth-order valence-corrected chi connectivity index (χ4v) is 2.27. The average Bonchev–Trinajstić information content (AvgIpc) is 2.83. The van der Waals surface area contributed by atoms with Gasteiger partial charge in [0.15, 0.2) is 0 Å². The zero-order chi connectivity index (χ0) is 13.0. The first-order chi connectivity index (χ1) is 8.70. The second kappa shape index (κ2) is 5.87. The number of phenolic OH excluding ortho intramolecular Hbond substituents is 1. The predicted octanol–water partition coefficient (Wildman–Crippen LogP) is 2.31. The molecule has 98 valence electrons. The van der Waals surface area contributed by atoms with E-state index in [9.17, 15) is 9.90 Å². The molecule has 0 spiro atoms. The number of hydrogen-bond acceptors (Lipinski definition) is 3. The number of phenols is 1. The second-order valence-corrected chi connectivity index (χ2v) is 4.50. The Labute approximate surface area is 107 Å². The van der Waals surface area contributed by atoms with Crippen LogP contribution in [0.15, 0.2) is 24.3 Å². The molecule has 1 saturated heterocycles. The normalized spacial score (nSPS) is 18.8. The van der Waals surface area contributed by atoms with E-state index >= 15 is 0 Å². The lowest BCUT2D eigenvalue weighted by Crippen LogP contribution is -2.33. The predicted molar refractivity (Wildman–Crippen MR) is 69.7 cm³/mol. The Morgan fingerprint density at radius 1 is 1.56 bits per heavy atom. The molecule has 1 aromatic carbocycles. The summed E-state index contributed by atoms with van der Waals surface area (Å²) in [5, 5.41) is 9.46. The molecule has 0 bridgehead atoms. The maximum absolute atomic E-state index is 12.2. The van der Waals surface area contributed by atoms with Crippen LogP contribution >= 0.6 is 0 Å². The molecule has 0 aromatic heterocycles. The van der Waals surface area contributed by atoms with Crippen molar-refractivity contribution in [1.82, 2.24) is 0 Å². The van der Waals surface area contributed by atoms with Gasteiger partial charge < -0.3 is 14.7 Å². The van der Waals surface area contributed by atoms with Crippen LogP contribution in [0.3, 0.4) is 0 Å². The molecule has 1 N–H and O–H groups in total. The van der Waals surface area contributed by atoms with Crippen molar-refractivity contribution in [3.05, 3.63) is 24.3 Å². The van der Waals surface area contributed by atoms with E-state index in [1.165, 1.54) is 0 Å². The number of amides is 1. The lowest BCUT2D eigenvalue weighted by atomic mass is 10.1. The highest BCUT2D eigenvalue weighted by Gasteiger charge is 2.22. The molecule has 2 rings (SSSR count). The number of ether oxygens (including phenoxy) is 1. The van der Waals surface area contributed by atoms with Gasteiger partial charge in [-0.3, -0.25) is 4.79 Å². The number of aromatic hydroxyl groups is 1. The van der Waals surface area contributed by atoms with Crippen LogP contribution in [0.1, 0.15) is 26.2 Å². The summed E-state index contributed by atoms with van der Waals surface area (Å²) in [5.41, 5.74) is 0.737. The monoisotopic (exact) mass is 249 g/mol. The molecule has 4 heteroatoms. The summed E-state index contributed by atoms with van der Waals surface area (Å²) < 4.78 is 5.48. The molecule has 0 saturated carbocycles. The summed E-state index contributed by atoms with van der Waals surface area (Å²) in [6.45, 7) is 3.28. The summed E-state index contributed by atoms with van der Waals surface area (Å²) in [5.74, 6) is 0.228. The van der Waals surface area contributed by atoms with Crippen LogP contribution in [0.4, 0.5) is 5.69 Å². The third-order valence-corrected chi connectivity index (χ3v) is 3.18. The summed E-state index contributed by atoms with van der Waals surface area (Å²) in [4.78, 5) is 13.9. The van der Waals surface area contributed by atoms with Gasteiger partial charge in [0.1, 0.15) is 5.75 Å². The fourth-order valence-electron chi connectivity index (χ4n) is 2.27. The van der Waals surface area contributed by atoms with E-state index in [1.807, 2.05) is 13.0 Å². The van der Waals surface area contributed by atoms with Gasteiger partial charge in [0.25, 0.3) is 0 Å². The Morgan fingerprint density at radius 3 is 3.00 bits per heavy atom. The second-order valence-electron chi connectivity index (χ2n) is 4.50. The maximum Gasteiger partial charge on any atom is 0.229 e. The molecule has 1 aliphatic heterocycles. The van der Waals surface area contributed by atoms with Gasteiger partial charge in [0.2, 0.25) is 5.91 Å². The number of benzene rings is 1. The van der Waals surface area contributed by atoms with Crippen molar-refractivity contribution < 1.29 is 14.6 Å². The van der Waals surface area contributed by atoms with E-state index < -0.39 is 0 Å². The lowest BCUT2D eigenvalue weighted by Gasteiger charge is -2.22. The molecular formula is C14H19NO3. The molecular weight excluding hydrogens is 230 g/mol. The number of rotatable bonds is 4. The first-order valence-electron chi connectivity index (χ1n) is 6.41. The van der Waals surface area contributed by atoms with Crippen molar-refractivity contribution in [3.63, 3.8) is 0 Å². The van der Waals surface area contributed by atoms with Gasteiger partial charge in [-0.1, -0.05) is 6.07 Å². The van der Waals surface area contributed by atoms with Crippen molar-refractivity contribution in [2.45, 2.75) is 32.3 Å². The van der Waals surface area contributed by atoms with Crippen LogP contribution in [-0.2, 0) is 9.53 Å². The highest BCUT2D eigenvalue weighted by atomic mass is 16.5. The van der Waals surface area contributed by atoms with E-state index in [-0.39, 0.29) is 17.8 Å². The van der Waals surface area contributed by atoms with Gasteiger partial charge in [0.05, 0.1) is 12.5 Å². The highest BCUT2D eigenvalue weighted by Crippen LogP contribution is 2.22. The Bertz CT molecular complexity index is 413. The summed E-state index contributed by atoms with van der Waals surface area (Å²) in [6.07, 6.45) is 2.48. The topological polar surface area (TPSA) is 49.8 Å². The molecule has 18 heavy (non-hydrogen) atoms. The molecule has 1 aliphatic rings. The van der Waals surface area contributed by atoms with Crippen molar-refractivity contribution >= 4 is 11.6 Å². The quantitative estimate of drug-likeness (QED) is 0.890. The maximum atomic E-state index is 12.2. The smallest absolute Gasteiger partial charge is 0.229 e. The Balaban J connectivity index is 2.05. The van der Waals surface area contributed by atoms with Gasteiger partial charge >= 0.3 is 0 Å². The largest absolute Gasteiger partial charge is 0.508 e. The summed E-state index contributed by atoms with van der Waals surface area (Å²) in [6, 6.07) is 6.78. The van der Waals surface area contributed by atoms with Crippen molar-refractivity contribution in [2.24, 2.45) is 0 Å². The van der Waals surface area contributed by atoms with Crippen LogP contribution in [0, 0.1) is 0 Å². The van der Waals surface area contributed by atoms with E-state index in [1.54, 1.807) is 23.1 Å². The lowest BCUT2D eigenvalue weighted by molar-refractivity contribution is -0.120. The van der Waals surface area contributed by atoms with Gasteiger partial charge in [0, 0.05) is 24.9 Å². The van der Waals surface area contributed by atoms with Gasteiger partial charge in [-0.15, -0.1) is 0 Å². The molecule has 1 aromatic rings. The SMILES string of the molecule is CCN(C(=O)CC1CCCO1)c1cccc(O)c1. The van der Waals surface area contributed by atoms with Crippen LogP contribution in [-0.4, -0.2) is 30.3 Å². The molecule has 1 fully saturated rings. The van der Waals surface area contributed by atoms with Gasteiger partial charge in [-0.2, -0.15) is 0 Å². The molecule has 1 amide bonds. The van der Waals surface area contributed by atoms with Crippen molar-refractivity contribution in [1.29, 1.82) is 0 Å². The van der Waals surface area contributed by atoms with Crippen LogP contribution in [0.5, 0.6) is 5.75 Å². The Kier molecular flexibility index (Phi) is 4.20. The number of nitrogens with zero attached hydrogens (tertiary/aromatic N) is 1. The number of carbonyl (C=O) groups is 1. The zero-order valence-corrected chi connectivity index (χ0v) is 10.6. The van der Waals surface area contributed by atoms with Gasteiger partial charge in [-0.05, 0) is 31.9 Å². The van der Waals surface area contributed by atoms with E-state index in [4.69, 9.17) is 4.74 Å². The summed E-state index contributed by atoms with van der Waals surface area (Å²) in [7, 11) is 0. The Morgan fingerprint density at radius 2 is 2.39 bits per heavy atom. The number of carbonyl (C=O) groups excluding carboxylic acids is 1. The molecule has 1 unspecified atom stereocenters. The van der Waals surface area contributed by atoms with E-state index in [0.717, 1.165) is 25.1 Å². The average molecular weight is 249 g/mol. The molecule has 4 nitrogen and oxygen atoms in total. The van der Waals surface area contributed by atoms with E-state index in [2.05, 4.69) is 0 Å². The molecule has 1 heterocycles. The molecule has 1 atom stereocenters. The first-order valence-corrected chi connectivity index (χ1v) is 6.41. The van der Waals surface area contributed by atoms with Crippen LogP contribution in [0.2, 0.25) is 0 Å². The minimum Gasteiger partial charge on any atom is -0.508 e. The first kappa shape index (κ1) is 12.9. The highest BCUT2D eigenvalue weighted by molar-refractivity contribution is 5.93. The fraction of sp³-hybridized carbons (Fsp3) is 0.500. The number of hydrogen-bond donors (Lipinski definition) is 1. The van der Waals surface area contributed by atoms with Crippen molar-refractivity contribution in [3.8, 4) is 5.75 Å². The standard InChI is InChI=1S/C14H19NO3/c1-2-15(11-5-3-6-12(16)9-11)14(17)10-13-7-4-8-18-13/h3,5-6,9,13,16H,2,4,7-8,10H2,1H3. The molecule has 0 radical (unpaired) electrons. The zero-order valence-electron chi connectivity index (χ0n) is 10.6. The number of anilines is 1. The molecule has 0 aliphatic carbocycles. The van der Waals surface area contributed by atoms with Crippen LogP contribution in [0.25, 0.3) is 0 Å². The minimum atomic E-state index is 0.0509. The third kappa shape index (κ3) is 3.01. The minimum absolute atomic E-state index is 0.0509. The van der Waals surface area contributed by atoms with Crippen molar-refractivity contribution in [2.75, 3.05) is 18.1 Å². The third-order valence-electron chi connectivity index (χ3n) is 3.18. The van der Waals surface area contributed by atoms with E-state index in [0.29, 0.717) is 13.0 Å². The Hall–Kier alpha value is -1.55. The van der Waals surface area contributed by atoms with Crippen LogP contribution < -0.4 is 4.90 Å².